The lowest BCUT2D eigenvalue weighted by atomic mass is 9.88. The molecule has 0 saturated carbocycles. The Morgan fingerprint density at radius 1 is 1.20 bits per heavy atom. The summed E-state index contributed by atoms with van der Waals surface area (Å²) in [5.41, 5.74) is 2.47. The number of rotatable bonds is 1. The number of aromatic nitrogens is 1. The molecular weight excluding hydrogens is 250 g/mol. The number of hydrogen-bond acceptors (Lipinski definition) is 2. The Bertz CT molecular complexity index is 648. The molecule has 4 rings (SSSR count). The highest BCUT2D eigenvalue weighted by Crippen LogP contribution is 2.34. The zero-order chi connectivity index (χ0) is 13.5. The zero-order valence-electron chi connectivity index (χ0n) is 11.4. The van der Waals surface area contributed by atoms with Gasteiger partial charge >= 0.3 is 0 Å². The fourth-order valence-corrected chi connectivity index (χ4v) is 3.72. The van der Waals surface area contributed by atoms with Gasteiger partial charge in [-0.1, -0.05) is 18.2 Å². The van der Waals surface area contributed by atoms with Gasteiger partial charge in [-0.2, -0.15) is 0 Å². The van der Waals surface area contributed by atoms with E-state index in [0.29, 0.717) is 12.6 Å². The van der Waals surface area contributed by atoms with Gasteiger partial charge in [0.15, 0.2) is 0 Å². The minimum Gasteiger partial charge on any atom is -0.361 e. The molecule has 2 aliphatic rings. The third-order valence-corrected chi connectivity index (χ3v) is 4.68. The summed E-state index contributed by atoms with van der Waals surface area (Å²) in [5.74, 6) is 0.255. The van der Waals surface area contributed by atoms with Crippen LogP contribution in [0.1, 0.15) is 30.9 Å². The molecular formula is C16H19N3O. The summed E-state index contributed by atoms with van der Waals surface area (Å²) in [6.07, 6.45) is 5.56. The lowest BCUT2D eigenvalue weighted by molar-refractivity contribution is -0.138. The van der Waals surface area contributed by atoms with Crippen molar-refractivity contribution in [2.24, 2.45) is 0 Å². The molecule has 1 aromatic carbocycles. The van der Waals surface area contributed by atoms with Crippen molar-refractivity contribution in [1.29, 1.82) is 0 Å². The number of para-hydroxylation sites is 1. The van der Waals surface area contributed by atoms with Crippen molar-refractivity contribution < 1.29 is 4.79 Å². The number of carbonyl (C=O) groups excluding carboxylic acids is 1. The molecule has 4 nitrogen and oxygen atoms in total. The summed E-state index contributed by atoms with van der Waals surface area (Å²) in [7, 11) is 0. The number of aromatic amines is 1. The second-order valence-corrected chi connectivity index (χ2v) is 5.80. The topological polar surface area (TPSA) is 48.1 Å². The molecule has 0 spiro atoms. The van der Waals surface area contributed by atoms with Crippen LogP contribution in [0.4, 0.5) is 0 Å². The van der Waals surface area contributed by atoms with Crippen LogP contribution in [-0.2, 0) is 4.79 Å². The molecule has 2 aromatic rings. The predicted molar refractivity (Wildman–Crippen MR) is 78.4 cm³/mol. The Balaban J connectivity index is 1.75. The summed E-state index contributed by atoms with van der Waals surface area (Å²) in [6.45, 7) is 1.38. The first-order valence-corrected chi connectivity index (χ1v) is 7.43. The third-order valence-electron chi connectivity index (χ3n) is 4.68. The van der Waals surface area contributed by atoms with E-state index >= 15 is 0 Å². The fraction of sp³-hybridized carbons (Fsp3) is 0.438. The molecule has 0 radical (unpaired) electrons. The van der Waals surface area contributed by atoms with Gasteiger partial charge in [-0.05, 0) is 30.9 Å². The molecule has 2 saturated heterocycles. The molecule has 20 heavy (non-hydrogen) atoms. The SMILES string of the molecule is O=C1CNC(c2c[nH]c3ccccc23)C2CCCCN12. The van der Waals surface area contributed by atoms with Crippen LogP contribution in [0.5, 0.6) is 0 Å². The van der Waals surface area contributed by atoms with Gasteiger partial charge in [0, 0.05) is 23.6 Å². The van der Waals surface area contributed by atoms with E-state index in [1.807, 2.05) is 6.07 Å². The number of piperazine rings is 1. The number of H-pyrrole nitrogens is 1. The number of fused-ring (bicyclic) bond motifs is 2. The van der Waals surface area contributed by atoms with Crippen molar-refractivity contribution >= 4 is 16.8 Å². The van der Waals surface area contributed by atoms with Crippen LogP contribution in [0, 0.1) is 0 Å². The normalized spacial score (nSPS) is 26.8. The smallest absolute Gasteiger partial charge is 0.236 e. The van der Waals surface area contributed by atoms with Crippen molar-refractivity contribution in [2.45, 2.75) is 31.3 Å². The van der Waals surface area contributed by atoms with Crippen molar-refractivity contribution in [3.8, 4) is 0 Å². The highest BCUT2D eigenvalue weighted by Gasteiger charge is 2.38. The van der Waals surface area contributed by atoms with Gasteiger partial charge in [0.1, 0.15) is 0 Å². The molecule has 2 unspecified atom stereocenters. The highest BCUT2D eigenvalue weighted by atomic mass is 16.2. The minimum atomic E-state index is 0.254. The van der Waals surface area contributed by atoms with Crippen molar-refractivity contribution in [3.05, 3.63) is 36.0 Å². The van der Waals surface area contributed by atoms with E-state index in [4.69, 9.17) is 0 Å². The van der Waals surface area contributed by atoms with E-state index in [-0.39, 0.29) is 11.9 Å². The Hall–Kier alpha value is -1.81. The zero-order valence-corrected chi connectivity index (χ0v) is 11.4. The van der Waals surface area contributed by atoms with Crippen LogP contribution < -0.4 is 5.32 Å². The van der Waals surface area contributed by atoms with E-state index in [0.717, 1.165) is 19.4 Å². The Morgan fingerprint density at radius 3 is 3.05 bits per heavy atom. The number of hydrogen-bond donors (Lipinski definition) is 2. The maximum atomic E-state index is 12.1. The molecule has 2 atom stereocenters. The number of benzene rings is 1. The third kappa shape index (κ3) is 1.75. The Morgan fingerprint density at radius 2 is 2.10 bits per heavy atom. The largest absolute Gasteiger partial charge is 0.361 e. The summed E-state index contributed by atoms with van der Waals surface area (Å²) < 4.78 is 0. The average molecular weight is 269 g/mol. The monoisotopic (exact) mass is 269 g/mol. The lowest BCUT2D eigenvalue weighted by Crippen LogP contribution is -2.57. The van der Waals surface area contributed by atoms with Gasteiger partial charge < -0.3 is 9.88 Å². The van der Waals surface area contributed by atoms with E-state index in [9.17, 15) is 4.79 Å². The minimum absolute atomic E-state index is 0.254. The fourth-order valence-electron chi connectivity index (χ4n) is 3.72. The number of nitrogens with one attached hydrogen (secondary N) is 2. The van der Waals surface area contributed by atoms with Crippen molar-refractivity contribution in [1.82, 2.24) is 15.2 Å². The number of piperidine rings is 1. The molecule has 0 bridgehead atoms. The number of amides is 1. The van der Waals surface area contributed by atoms with Gasteiger partial charge in [0.25, 0.3) is 0 Å². The van der Waals surface area contributed by atoms with Crippen LogP contribution in [0.15, 0.2) is 30.5 Å². The average Bonchev–Trinajstić information content (AvgIpc) is 2.92. The number of carbonyl (C=O) groups is 1. The van der Waals surface area contributed by atoms with Crippen LogP contribution >= 0.6 is 0 Å². The standard InChI is InChI=1S/C16H19N3O/c20-15-10-18-16(14-7-3-4-8-19(14)15)12-9-17-13-6-2-1-5-11(12)13/h1-2,5-6,9,14,16-18H,3-4,7-8,10H2. The number of nitrogens with zero attached hydrogens (tertiary/aromatic N) is 1. The van der Waals surface area contributed by atoms with Gasteiger partial charge in [-0.15, -0.1) is 0 Å². The molecule has 4 heteroatoms. The van der Waals surface area contributed by atoms with Gasteiger partial charge in [-0.3, -0.25) is 10.1 Å². The van der Waals surface area contributed by atoms with Crippen LogP contribution in [-0.4, -0.2) is 34.9 Å². The van der Waals surface area contributed by atoms with Crippen LogP contribution in [0.25, 0.3) is 10.9 Å². The molecule has 3 heterocycles. The summed E-state index contributed by atoms with van der Waals surface area (Å²) in [6, 6.07) is 8.95. The second-order valence-electron chi connectivity index (χ2n) is 5.80. The maximum Gasteiger partial charge on any atom is 0.236 e. The second kappa shape index (κ2) is 4.63. The van der Waals surface area contributed by atoms with Crippen LogP contribution in [0.2, 0.25) is 0 Å². The summed E-state index contributed by atoms with van der Waals surface area (Å²) in [5, 5.41) is 4.72. The van der Waals surface area contributed by atoms with Gasteiger partial charge in [0.2, 0.25) is 5.91 Å². The van der Waals surface area contributed by atoms with E-state index < -0.39 is 0 Å². The first kappa shape index (κ1) is 12.0. The molecule has 1 amide bonds. The first-order valence-electron chi connectivity index (χ1n) is 7.43. The molecule has 2 N–H and O–H groups in total. The van der Waals surface area contributed by atoms with Crippen molar-refractivity contribution in [2.75, 3.05) is 13.1 Å². The summed E-state index contributed by atoms with van der Waals surface area (Å²) in [4.78, 5) is 17.5. The quantitative estimate of drug-likeness (QED) is 0.833. The predicted octanol–water partition coefficient (Wildman–Crippen LogP) is 2.19. The summed E-state index contributed by atoms with van der Waals surface area (Å²) >= 11 is 0. The Labute approximate surface area is 118 Å². The van der Waals surface area contributed by atoms with Crippen LogP contribution in [0.3, 0.4) is 0 Å². The Kier molecular flexibility index (Phi) is 2.77. The van der Waals surface area contributed by atoms with Crippen molar-refractivity contribution in [3.63, 3.8) is 0 Å². The van der Waals surface area contributed by atoms with E-state index in [1.165, 1.54) is 22.9 Å². The highest BCUT2D eigenvalue weighted by molar-refractivity contribution is 5.85. The molecule has 2 fully saturated rings. The lowest BCUT2D eigenvalue weighted by Gasteiger charge is -2.44. The molecule has 104 valence electrons. The van der Waals surface area contributed by atoms with E-state index in [2.05, 4.69) is 39.6 Å². The van der Waals surface area contributed by atoms with E-state index in [1.54, 1.807) is 0 Å². The molecule has 0 aliphatic carbocycles. The van der Waals surface area contributed by atoms with Gasteiger partial charge in [0.05, 0.1) is 18.6 Å². The maximum absolute atomic E-state index is 12.1. The molecule has 1 aromatic heterocycles. The first-order chi connectivity index (χ1) is 9.84. The molecule has 2 aliphatic heterocycles. The van der Waals surface area contributed by atoms with Gasteiger partial charge in [-0.25, -0.2) is 0 Å².